The Balaban J connectivity index is 2.13. The summed E-state index contributed by atoms with van der Waals surface area (Å²) in [4.78, 5) is 0. The second-order valence-corrected chi connectivity index (χ2v) is 5.89. The van der Waals surface area contributed by atoms with Crippen molar-refractivity contribution in [3.63, 3.8) is 0 Å². The summed E-state index contributed by atoms with van der Waals surface area (Å²) in [6.45, 7) is 6.18. The van der Waals surface area contributed by atoms with Gasteiger partial charge in [0.25, 0.3) is 0 Å². The van der Waals surface area contributed by atoms with Gasteiger partial charge in [-0.3, -0.25) is 0 Å². The Morgan fingerprint density at radius 1 is 1.29 bits per heavy atom. The summed E-state index contributed by atoms with van der Waals surface area (Å²) in [5, 5.41) is 5.62. The quantitative estimate of drug-likeness (QED) is 0.782. The molecule has 0 radical (unpaired) electrons. The summed E-state index contributed by atoms with van der Waals surface area (Å²) in [5.74, 6) is 0.611. The lowest BCUT2D eigenvalue weighted by Gasteiger charge is -2.09. The number of fused-ring (bicyclic) bond motifs is 1. The van der Waals surface area contributed by atoms with Crippen molar-refractivity contribution in [3.8, 4) is 5.69 Å². The summed E-state index contributed by atoms with van der Waals surface area (Å²) in [7, 11) is 0. The molecule has 2 heterocycles. The van der Waals surface area contributed by atoms with E-state index in [1.165, 1.54) is 16.5 Å². The highest BCUT2D eigenvalue weighted by molar-refractivity contribution is 5.85. The van der Waals surface area contributed by atoms with Crippen molar-refractivity contribution in [2.24, 2.45) is 11.7 Å². The fourth-order valence-corrected chi connectivity index (χ4v) is 2.82. The molecule has 0 unspecified atom stereocenters. The van der Waals surface area contributed by atoms with Gasteiger partial charge in [0, 0.05) is 30.5 Å². The molecule has 4 heteroatoms. The van der Waals surface area contributed by atoms with Crippen LogP contribution in [0.3, 0.4) is 0 Å². The molecule has 0 saturated carbocycles. The van der Waals surface area contributed by atoms with Crippen LogP contribution in [0.5, 0.6) is 0 Å². The maximum absolute atomic E-state index is 5.75. The Morgan fingerprint density at radius 2 is 2.14 bits per heavy atom. The van der Waals surface area contributed by atoms with Gasteiger partial charge in [0.1, 0.15) is 0 Å². The molecule has 2 N–H and O–H groups in total. The number of aromatic nitrogens is 3. The summed E-state index contributed by atoms with van der Waals surface area (Å²) in [6, 6.07) is 8.46. The zero-order valence-corrected chi connectivity index (χ0v) is 12.7. The molecule has 1 aromatic carbocycles. The molecule has 4 nitrogen and oxygen atoms in total. The van der Waals surface area contributed by atoms with Gasteiger partial charge in [-0.2, -0.15) is 5.10 Å². The lowest BCUT2D eigenvalue weighted by Crippen LogP contribution is -2.04. The average Bonchev–Trinajstić information content (AvgIpc) is 3.08. The van der Waals surface area contributed by atoms with Gasteiger partial charge in [-0.15, -0.1) is 0 Å². The van der Waals surface area contributed by atoms with Crippen LogP contribution in [0.4, 0.5) is 0 Å². The van der Waals surface area contributed by atoms with E-state index < -0.39 is 0 Å². The van der Waals surface area contributed by atoms with E-state index in [4.69, 9.17) is 5.73 Å². The van der Waals surface area contributed by atoms with Crippen LogP contribution in [0, 0.1) is 5.92 Å². The van der Waals surface area contributed by atoms with E-state index in [-0.39, 0.29) is 0 Å². The summed E-state index contributed by atoms with van der Waals surface area (Å²) >= 11 is 0. The first-order valence-electron chi connectivity index (χ1n) is 7.51. The molecule has 0 fully saturated rings. The van der Waals surface area contributed by atoms with Crippen molar-refractivity contribution >= 4 is 10.9 Å². The molecule has 0 amide bonds. The predicted molar refractivity (Wildman–Crippen MR) is 86.7 cm³/mol. The minimum Gasteiger partial charge on any atom is -0.347 e. The molecule has 3 aromatic rings. The molecule has 0 saturated heterocycles. The monoisotopic (exact) mass is 282 g/mol. The van der Waals surface area contributed by atoms with Gasteiger partial charge < -0.3 is 10.3 Å². The Morgan fingerprint density at radius 3 is 2.81 bits per heavy atom. The van der Waals surface area contributed by atoms with Gasteiger partial charge in [0.05, 0.1) is 11.2 Å². The molecule has 110 valence electrons. The first-order valence-corrected chi connectivity index (χ1v) is 7.51. The van der Waals surface area contributed by atoms with Crippen LogP contribution in [-0.4, -0.2) is 20.9 Å². The predicted octanol–water partition coefficient (Wildman–Crippen LogP) is 2.98. The minimum atomic E-state index is 0.611. The second kappa shape index (κ2) is 5.74. The van der Waals surface area contributed by atoms with Gasteiger partial charge >= 0.3 is 0 Å². The van der Waals surface area contributed by atoms with E-state index in [9.17, 15) is 0 Å². The van der Waals surface area contributed by atoms with Gasteiger partial charge in [-0.05, 0) is 42.6 Å². The fourth-order valence-electron chi connectivity index (χ4n) is 2.82. The molecule has 0 aliphatic rings. The van der Waals surface area contributed by atoms with Crippen molar-refractivity contribution in [3.05, 3.63) is 48.4 Å². The van der Waals surface area contributed by atoms with E-state index in [0.29, 0.717) is 12.5 Å². The standard InChI is InChI=1S/C17H22N4/c1-13(2)11-20-12-14(6-7-18)16-5-4-15(10-17(16)20)21-9-3-8-19-21/h3-5,8-10,12-13H,6-7,11,18H2,1-2H3. The van der Waals surface area contributed by atoms with Crippen LogP contribution < -0.4 is 5.73 Å². The number of rotatable bonds is 5. The third-order valence-corrected chi connectivity index (χ3v) is 3.69. The van der Waals surface area contributed by atoms with Gasteiger partial charge in [0.15, 0.2) is 0 Å². The molecule has 21 heavy (non-hydrogen) atoms. The van der Waals surface area contributed by atoms with E-state index >= 15 is 0 Å². The van der Waals surface area contributed by atoms with Gasteiger partial charge in [0.2, 0.25) is 0 Å². The highest BCUT2D eigenvalue weighted by Crippen LogP contribution is 2.25. The molecule has 0 bridgehead atoms. The van der Waals surface area contributed by atoms with Crippen LogP contribution in [0.2, 0.25) is 0 Å². The average molecular weight is 282 g/mol. The molecule has 3 rings (SSSR count). The number of hydrogen-bond acceptors (Lipinski definition) is 2. The molecule has 0 spiro atoms. The summed E-state index contributed by atoms with van der Waals surface area (Å²) in [5.41, 5.74) is 9.44. The maximum Gasteiger partial charge on any atom is 0.0666 e. The van der Waals surface area contributed by atoms with Crippen LogP contribution >= 0.6 is 0 Å². The third-order valence-electron chi connectivity index (χ3n) is 3.69. The minimum absolute atomic E-state index is 0.611. The number of nitrogens with two attached hydrogens (primary N) is 1. The van der Waals surface area contributed by atoms with Crippen molar-refractivity contribution in [2.75, 3.05) is 6.54 Å². The largest absolute Gasteiger partial charge is 0.347 e. The van der Waals surface area contributed by atoms with Crippen LogP contribution in [0.1, 0.15) is 19.4 Å². The third kappa shape index (κ3) is 2.72. The van der Waals surface area contributed by atoms with Crippen LogP contribution in [0.15, 0.2) is 42.9 Å². The van der Waals surface area contributed by atoms with Crippen LogP contribution in [0.25, 0.3) is 16.6 Å². The Kier molecular flexibility index (Phi) is 3.80. The molecular weight excluding hydrogens is 260 g/mol. The second-order valence-electron chi connectivity index (χ2n) is 5.89. The van der Waals surface area contributed by atoms with E-state index in [2.05, 4.69) is 47.9 Å². The summed E-state index contributed by atoms with van der Waals surface area (Å²) in [6.07, 6.45) is 6.95. The van der Waals surface area contributed by atoms with Crippen LogP contribution in [-0.2, 0) is 13.0 Å². The molecule has 0 aliphatic heterocycles. The van der Waals surface area contributed by atoms with Crippen molar-refractivity contribution in [1.82, 2.24) is 14.3 Å². The molecule has 0 aliphatic carbocycles. The SMILES string of the molecule is CC(C)Cn1cc(CCN)c2ccc(-n3cccn3)cc21. The maximum atomic E-state index is 5.75. The topological polar surface area (TPSA) is 48.8 Å². The number of nitrogens with zero attached hydrogens (tertiary/aromatic N) is 3. The Labute approximate surface area is 125 Å². The Bertz CT molecular complexity index is 723. The van der Waals surface area contributed by atoms with Gasteiger partial charge in [-0.1, -0.05) is 19.9 Å². The van der Waals surface area contributed by atoms with Gasteiger partial charge in [-0.25, -0.2) is 4.68 Å². The Hall–Kier alpha value is -2.07. The lowest BCUT2D eigenvalue weighted by molar-refractivity contribution is 0.534. The first-order chi connectivity index (χ1) is 10.2. The fraction of sp³-hybridized carbons (Fsp3) is 0.353. The number of hydrogen-bond donors (Lipinski definition) is 1. The lowest BCUT2D eigenvalue weighted by atomic mass is 10.1. The normalized spacial score (nSPS) is 11.6. The molecule has 0 atom stereocenters. The smallest absolute Gasteiger partial charge is 0.0666 e. The van der Waals surface area contributed by atoms with Crippen molar-refractivity contribution in [2.45, 2.75) is 26.8 Å². The zero-order valence-electron chi connectivity index (χ0n) is 12.7. The van der Waals surface area contributed by atoms with E-state index in [1.807, 2.05) is 16.9 Å². The van der Waals surface area contributed by atoms with Crippen molar-refractivity contribution < 1.29 is 0 Å². The zero-order chi connectivity index (χ0) is 14.8. The summed E-state index contributed by atoms with van der Waals surface area (Å²) < 4.78 is 4.24. The van der Waals surface area contributed by atoms with E-state index in [0.717, 1.165) is 18.7 Å². The molecule has 2 aromatic heterocycles. The van der Waals surface area contributed by atoms with E-state index in [1.54, 1.807) is 6.20 Å². The highest BCUT2D eigenvalue weighted by Gasteiger charge is 2.10. The van der Waals surface area contributed by atoms with Crippen molar-refractivity contribution in [1.29, 1.82) is 0 Å². The highest BCUT2D eigenvalue weighted by atomic mass is 15.3. The number of benzene rings is 1. The first kappa shape index (κ1) is 13.9. The molecular formula is C17H22N4.